The summed E-state index contributed by atoms with van der Waals surface area (Å²) >= 11 is 0. The van der Waals surface area contributed by atoms with E-state index < -0.39 is 0 Å². The van der Waals surface area contributed by atoms with Gasteiger partial charge in [-0.3, -0.25) is 4.79 Å². The highest BCUT2D eigenvalue weighted by Gasteiger charge is 2.23. The molecule has 0 fully saturated rings. The first-order chi connectivity index (χ1) is 13.0. The number of hydrogen-bond acceptors (Lipinski definition) is 3. The van der Waals surface area contributed by atoms with Crippen molar-refractivity contribution in [3.8, 4) is 11.5 Å². The number of ether oxygens (including phenoxy) is 2. The van der Waals surface area contributed by atoms with Gasteiger partial charge in [0.1, 0.15) is 11.5 Å². The first-order valence-electron chi connectivity index (χ1n) is 9.10. The largest absolute Gasteiger partial charge is 0.497 e. The van der Waals surface area contributed by atoms with Crippen molar-refractivity contribution in [2.45, 2.75) is 32.2 Å². The molecule has 0 radical (unpaired) electrons. The summed E-state index contributed by atoms with van der Waals surface area (Å²) < 4.78 is 10.9. The second kappa shape index (κ2) is 8.16. The highest BCUT2D eigenvalue weighted by Crippen LogP contribution is 2.36. The Kier molecular flexibility index (Phi) is 5.69. The molecule has 0 aliphatic carbocycles. The van der Waals surface area contributed by atoms with Gasteiger partial charge in [-0.05, 0) is 43.2 Å². The number of fused-ring (bicyclic) bond motifs is 1. The summed E-state index contributed by atoms with van der Waals surface area (Å²) in [5.74, 6) is 1.31. The summed E-state index contributed by atoms with van der Waals surface area (Å²) in [5, 5.41) is 4.11. The van der Waals surface area contributed by atoms with Crippen molar-refractivity contribution >= 4 is 16.8 Å². The van der Waals surface area contributed by atoms with E-state index in [1.165, 1.54) is 0 Å². The second-order valence-corrected chi connectivity index (χ2v) is 6.91. The van der Waals surface area contributed by atoms with E-state index in [-0.39, 0.29) is 17.9 Å². The highest BCUT2D eigenvalue weighted by molar-refractivity contribution is 5.86. The third-order valence-corrected chi connectivity index (χ3v) is 4.61. The summed E-state index contributed by atoms with van der Waals surface area (Å²) in [5.41, 5.74) is 3.12. The number of carbonyl (C=O) groups is 1. The van der Waals surface area contributed by atoms with Gasteiger partial charge in [-0.25, -0.2) is 0 Å². The van der Waals surface area contributed by atoms with Crippen LogP contribution >= 0.6 is 0 Å². The quantitative estimate of drug-likeness (QED) is 0.658. The van der Waals surface area contributed by atoms with E-state index in [0.717, 1.165) is 22.0 Å². The number of aromatic nitrogens is 1. The fraction of sp³-hybridized carbons (Fsp3) is 0.318. The Balaban J connectivity index is 2.09. The van der Waals surface area contributed by atoms with Crippen LogP contribution in [0.25, 0.3) is 10.9 Å². The van der Waals surface area contributed by atoms with Crippen LogP contribution in [0, 0.1) is 0 Å². The van der Waals surface area contributed by atoms with Crippen molar-refractivity contribution in [1.82, 2.24) is 10.3 Å². The third kappa shape index (κ3) is 4.25. The van der Waals surface area contributed by atoms with Gasteiger partial charge in [0.2, 0.25) is 5.91 Å². The van der Waals surface area contributed by atoms with Gasteiger partial charge in [-0.2, -0.15) is 0 Å². The number of para-hydroxylation sites is 1. The fourth-order valence-corrected chi connectivity index (χ4v) is 3.39. The maximum Gasteiger partial charge on any atom is 0.221 e. The zero-order valence-corrected chi connectivity index (χ0v) is 16.2. The lowest BCUT2D eigenvalue weighted by Gasteiger charge is -2.20. The van der Waals surface area contributed by atoms with Crippen molar-refractivity contribution in [3.63, 3.8) is 0 Å². The molecule has 3 rings (SSSR count). The van der Waals surface area contributed by atoms with Crippen LogP contribution < -0.4 is 14.8 Å². The Morgan fingerprint density at radius 3 is 2.37 bits per heavy atom. The van der Waals surface area contributed by atoms with Gasteiger partial charge >= 0.3 is 0 Å². The number of nitrogens with one attached hydrogen (secondary N) is 2. The first-order valence-corrected chi connectivity index (χ1v) is 9.10. The Hall–Kier alpha value is -2.95. The molecular formula is C22H26N2O3. The van der Waals surface area contributed by atoms with E-state index in [4.69, 9.17) is 9.47 Å². The number of amides is 1. The standard InChI is InChI=1S/C22H26N2O3/c1-14(2)24-22(25)12-19(15-9-16(26-3)11-17(10-15)27-4)20-13-23-21-8-6-5-7-18(20)21/h5-11,13-14,19,23H,12H2,1-4H3,(H,24,25). The zero-order chi connectivity index (χ0) is 19.4. The summed E-state index contributed by atoms with van der Waals surface area (Å²) in [4.78, 5) is 15.9. The predicted octanol–water partition coefficient (Wildman–Crippen LogP) is 4.23. The number of methoxy groups -OCH3 is 2. The molecule has 0 spiro atoms. The van der Waals surface area contributed by atoms with Crippen LogP contribution in [0.2, 0.25) is 0 Å². The SMILES string of the molecule is COc1cc(OC)cc(C(CC(=O)NC(C)C)c2c[nH]c3ccccc23)c1. The Labute approximate surface area is 159 Å². The molecule has 0 aliphatic heterocycles. The van der Waals surface area contributed by atoms with Crippen molar-refractivity contribution in [1.29, 1.82) is 0 Å². The van der Waals surface area contributed by atoms with Crippen molar-refractivity contribution in [2.24, 2.45) is 0 Å². The average molecular weight is 366 g/mol. The molecule has 1 atom stereocenters. The molecule has 142 valence electrons. The Bertz CT molecular complexity index is 908. The van der Waals surface area contributed by atoms with Crippen molar-refractivity contribution < 1.29 is 14.3 Å². The minimum Gasteiger partial charge on any atom is -0.497 e. The summed E-state index contributed by atoms with van der Waals surface area (Å²) in [6.07, 6.45) is 2.33. The van der Waals surface area contributed by atoms with E-state index in [2.05, 4.69) is 16.4 Å². The number of H-pyrrole nitrogens is 1. The van der Waals surface area contributed by atoms with Gasteiger partial charge in [0.25, 0.3) is 0 Å². The molecule has 1 heterocycles. The molecule has 3 aromatic rings. The van der Waals surface area contributed by atoms with E-state index in [1.807, 2.05) is 56.4 Å². The monoisotopic (exact) mass is 366 g/mol. The normalized spacial score (nSPS) is 12.2. The van der Waals surface area contributed by atoms with Gasteiger partial charge in [0.15, 0.2) is 0 Å². The topological polar surface area (TPSA) is 63.4 Å². The average Bonchev–Trinajstić information content (AvgIpc) is 3.09. The van der Waals surface area contributed by atoms with E-state index in [9.17, 15) is 4.79 Å². The molecule has 0 saturated carbocycles. The Morgan fingerprint density at radius 1 is 1.07 bits per heavy atom. The summed E-state index contributed by atoms with van der Waals surface area (Å²) in [7, 11) is 3.26. The summed E-state index contributed by atoms with van der Waals surface area (Å²) in [6.45, 7) is 3.93. The lowest BCUT2D eigenvalue weighted by molar-refractivity contribution is -0.121. The minimum atomic E-state index is -0.121. The zero-order valence-electron chi connectivity index (χ0n) is 16.2. The number of aromatic amines is 1. The lowest BCUT2D eigenvalue weighted by Crippen LogP contribution is -2.31. The van der Waals surface area contributed by atoms with Gasteiger partial charge < -0.3 is 19.8 Å². The highest BCUT2D eigenvalue weighted by atomic mass is 16.5. The van der Waals surface area contributed by atoms with Crippen LogP contribution in [0.4, 0.5) is 0 Å². The van der Waals surface area contributed by atoms with E-state index in [1.54, 1.807) is 14.2 Å². The number of benzene rings is 2. The number of rotatable bonds is 7. The van der Waals surface area contributed by atoms with Gasteiger partial charge in [-0.1, -0.05) is 18.2 Å². The number of carbonyl (C=O) groups excluding carboxylic acids is 1. The maximum absolute atomic E-state index is 12.6. The van der Waals surface area contributed by atoms with Gasteiger partial charge in [-0.15, -0.1) is 0 Å². The second-order valence-electron chi connectivity index (χ2n) is 6.91. The maximum atomic E-state index is 12.6. The molecule has 0 aliphatic rings. The summed E-state index contributed by atoms with van der Waals surface area (Å²) in [6, 6.07) is 14.0. The predicted molar refractivity (Wildman–Crippen MR) is 108 cm³/mol. The molecule has 2 N–H and O–H groups in total. The molecule has 5 nitrogen and oxygen atoms in total. The molecule has 2 aromatic carbocycles. The van der Waals surface area contributed by atoms with Crippen LogP contribution in [-0.2, 0) is 4.79 Å². The van der Waals surface area contributed by atoms with E-state index >= 15 is 0 Å². The third-order valence-electron chi connectivity index (χ3n) is 4.61. The van der Waals surface area contributed by atoms with E-state index in [0.29, 0.717) is 17.9 Å². The van der Waals surface area contributed by atoms with Gasteiger partial charge in [0, 0.05) is 41.5 Å². The van der Waals surface area contributed by atoms with Crippen molar-refractivity contribution in [3.05, 3.63) is 59.8 Å². The van der Waals surface area contributed by atoms with Crippen LogP contribution in [-0.4, -0.2) is 31.2 Å². The number of hydrogen-bond donors (Lipinski definition) is 2. The van der Waals surface area contributed by atoms with Crippen LogP contribution in [0.3, 0.4) is 0 Å². The minimum absolute atomic E-state index is 0.0158. The molecule has 1 amide bonds. The van der Waals surface area contributed by atoms with Crippen LogP contribution in [0.1, 0.15) is 37.3 Å². The first kappa shape index (κ1) is 18.8. The fourth-order valence-electron chi connectivity index (χ4n) is 3.39. The smallest absolute Gasteiger partial charge is 0.221 e. The molecule has 5 heteroatoms. The molecular weight excluding hydrogens is 340 g/mol. The van der Waals surface area contributed by atoms with Crippen molar-refractivity contribution in [2.75, 3.05) is 14.2 Å². The van der Waals surface area contributed by atoms with Crippen LogP contribution in [0.15, 0.2) is 48.7 Å². The molecule has 1 aromatic heterocycles. The molecule has 1 unspecified atom stereocenters. The molecule has 0 bridgehead atoms. The van der Waals surface area contributed by atoms with Crippen LogP contribution in [0.5, 0.6) is 11.5 Å². The Morgan fingerprint density at radius 2 is 1.74 bits per heavy atom. The van der Waals surface area contributed by atoms with Gasteiger partial charge in [0.05, 0.1) is 14.2 Å². The molecule has 27 heavy (non-hydrogen) atoms. The lowest BCUT2D eigenvalue weighted by atomic mass is 9.87. The molecule has 0 saturated heterocycles.